The summed E-state index contributed by atoms with van der Waals surface area (Å²) in [6, 6.07) is 0. The maximum Gasteiger partial charge on any atom is 0.219 e. The van der Waals surface area contributed by atoms with Gasteiger partial charge in [-0.15, -0.1) is 0 Å². The lowest BCUT2D eigenvalue weighted by molar-refractivity contribution is -0.122. The highest BCUT2D eigenvalue weighted by Gasteiger charge is 2.41. The summed E-state index contributed by atoms with van der Waals surface area (Å²) >= 11 is 0. The number of primary amides is 1. The summed E-state index contributed by atoms with van der Waals surface area (Å²) in [5.74, 6) is -0.164. The van der Waals surface area contributed by atoms with E-state index in [9.17, 15) is 4.79 Å². The molecule has 1 saturated heterocycles. The predicted octanol–water partition coefficient (Wildman–Crippen LogP) is 0.507. The minimum atomic E-state index is -0.164. The summed E-state index contributed by atoms with van der Waals surface area (Å²) < 4.78 is 5.35. The number of carbonyl (C=O) groups excluding carboxylic acids is 1. The molecule has 0 aromatic rings. The van der Waals surface area contributed by atoms with E-state index in [-0.39, 0.29) is 11.4 Å². The molecule has 2 aliphatic rings. The lowest BCUT2D eigenvalue weighted by Crippen LogP contribution is -2.53. The third kappa shape index (κ3) is 2.32. The molecule has 1 heterocycles. The van der Waals surface area contributed by atoms with E-state index in [2.05, 4.69) is 4.90 Å². The summed E-state index contributed by atoms with van der Waals surface area (Å²) in [5.41, 5.74) is 5.43. The summed E-state index contributed by atoms with van der Waals surface area (Å²) in [5, 5.41) is 0. The fourth-order valence-electron chi connectivity index (χ4n) is 3.00. The van der Waals surface area contributed by atoms with Gasteiger partial charge in [0.1, 0.15) is 0 Å². The van der Waals surface area contributed by atoms with Crippen LogP contribution in [0.1, 0.15) is 32.1 Å². The van der Waals surface area contributed by atoms with Gasteiger partial charge in [-0.1, -0.05) is 12.8 Å². The standard InChI is InChI=1S/C11H20N2O2/c12-10(14)9-11(3-1-2-4-11)13-5-7-15-8-6-13/h1-9H2,(H2,12,14). The molecule has 1 aliphatic carbocycles. The van der Waals surface area contributed by atoms with E-state index in [0.717, 1.165) is 39.1 Å². The zero-order valence-corrected chi connectivity index (χ0v) is 9.21. The molecule has 0 aromatic carbocycles. The molecule has 1 amide bonds. The van der Waals surface area contributed by atoms with Crippen molar-refractivity contribution in [3.63, 3.8) is 0 Å². The van der Waals surface area contributed by atoms with Crippen LogP contribution in [0, 0.1) is 0 Å². The van der Waals surface area contributed by atoms with Gasteiger partial charge in [0, 0.05) is 25.0 Å². The van der Waals surface area contributed by atoms with Crippen molar-refractivity contribution < 1.29 is 9.53 Å². The first-order valence-corrected chi connectivity index (χ1v) is 5.84. The number of carbonyl (C=O) groups is 1. The number of ether oxygens (including phenoxy) is 1. The van der Waals surface area contributed by atoms with Crippen molar-refractivity contribution in [3.8, 4) is 0 Å². The SMILES string of the molecule is NC(=O)CC1(N2CCOCC2)CCCC1. The van der Waals surface area contributed by atoms with E-state index in [4.69, 9.17) is 10.5 Å². The van der Waals surface area contributed by atoms with Crippen LogP contribution in [-0.4, -0.2) is 42.6 Å². The van der Waals surface area contributed by atoms with Crippen molar-refractivity contribution in [2.24, 2.45) is 5.73 Å². The molecule has 0 atom stereocenters. The first kappa shape index (κ1) is 10.9. The van der Waals surface area contributed by atoms with Crippen molar-refractivity contribution >= 4 is 5.91 Å². The minimum Gasteiger partial charge on any atom is -0.379 e. The van der Waals surface area contributed by atoms with E-state index < -0.39 is 0 Å². The third-order valence-corrected chi connectivity index (χ3v) is 3.72. The monoisotopic (exact) mass is 212 g/mol. The Morgan fingerprint density at radius 3 is 2.40 bits per heavy atom. The molecule has 1 saturated carbocycles. The van der Waals surface area contributed by atoms with Gasteiger partial charge in [-0.05, 0) is 12.8 Å². The van der Waals surface area contributed by atoms with Gasteiger partial charge in [0.25, 0.3) is 0 Å². The van der Waals surface area contributed by atoms with Crippen LogP contribution in [0.4, 0.5) is 0 Å². The average Bonchev–Trinajstić information content (AvgIpc) is 2.68. The molecular formula is C11H20N2O2. The number of nitrogens with zero attached hydrogens (tertiary/aromatic N) is 1. The van der Waals surface area contributed by atoms with Gasteiger partial charge in [-0.25, -0.2) is 0 Å². The first-order valence-electron chi connectivity index (χ1n) is 5.84. The Labute approximate surface area is 90.8 Å². The lowest BCUT2D eigenvalue weighted by Gasteiger charge is -2.42. The molecule has 2 rings (SSSR count). The zero-order chi connectivity index (χ0) is 10.7. The van der Waals surface area contributed by atoms with E-state index >= 15 is 0 Å². The second-order valence-corrected chi connectivity index (χ2v) is 4.67. The topological polar surface area (TPSA) is 55.6 Å². The molecular weight excluding hydrogens is 192 g/mol. The minimum absolute atomic E-state index is 0.0651. The van der Waals surface area contributed by atoms with Crippen LogP contribution in [0.15, 0.2) is 0 Å². The van der Waals surface area contributed by atoms with Gasteiger partial charge >= 0.3 is 0 Å². The number of morpholine rings is 1. The molecule has 4 nitrogen and oxygen atoms in total. The number of nitrogens with two attached hydrogens (primary N) is 1. The predicted molar refractivity (Wildman–Crippen MR) is 57.4 cm³/mol. The fourth-order valence-corrected chi connectivity index (χ4v) is 3.00. The molecule has 86 valence electrons. The molecule has 0 unspecified atom stereocenters. The van der Waals surface area contributed by atoms with Crippen molar-refractivity contribution in [1.29, 1.82) is 0 Å². The van der Waals surface area contributed by atoms with Crippen LogP contribution < -0.4 is 5.73 Å². The Balaban J connectivity index is 2.06. The third-order valence-electron chi connectivity index (χ3n) is 3.72. The normalized spacial score (nSPS) is 26.7. The van der Waals surface area contributed by atoms with Crippen LogP contribution in [0.3, 0.4) is 0 Å². The summed E-state index contributed by atoms with van der Waals surface area (Å²) in [7, 11) is 0. The molecule has 4 heteroatoms. The first-order chi connectivity index (χ1) is 7.23. The summed E-state index contributed by atoms with van der Waals surface area (Å²) in [4.78, 5) is 13.6. The summed E-state index contributed by atoms with van der Waals surface area (Å²) in [6.45, 7) is 3.49. The molecule has 0 aromatic heterocycles. The molecule has 1 aliphatic heterocycles. The van der Waals surface area contributed by atoms with Crippen LogP contribution in [0.25, 0.3) is 0 Å². The Morgan fingerprint density at radius 2 is 1.87 bits per heavy atom. The van der Waals surface area contributed by atoms with Crippen LogP contribution in [-0.2, 0) is 9.53 Å². The van der Waals surface area contributed by atoms with Gasteiger partial charge in [0.05, 0.1) is 13.2 Å². The molecule has 2 fully saturated rings. The number of hydrogen-bond acceptors (Lipinski definition) is 3. The molecule has 15 heavy (non-hydrogen) atoms. The maximum absolute atomic E-state index is 11.2. The van der Waals surface area contributed by atoms with Gasteiger partial charge in [0.2, 0.25) is 5.91 Å². The number of amides is 1. The van der Waals surface area contributed by atoms with Crippen molar-refractivity contribution in [3.05, 3.63) is 0 Å². The van der Waals surface area contributed by atoms with Gasteiger partial charge < -0.3 is 10.5 Å². The van der Waals surface area contributed by atoms with E-state index in [1.807, 2.05) is 0 Å². The van der Waals surface area contributed by atoms with Gasteiger partial charge in [-0.3, -0.25) is 9.69 Å². The highest BCUT2D eigenvalue weighted by atomic mass is 16.5. The fraction of sp³-hybridized carbons (Fsp3) is 0.909. The molecule has 0 radical (unpaired) electrons. The van der Waals surface area contributed by atoms with E-state index in [1.54, 1.807) is 0 Å². The maximum atomic E-state index is 11.2. The number of hydrogen-bond donors (Lipinski definition) is 1. The van der Waals surface area contributed by atoms with E-state index in [1.165, 1.54) is 12.8 Å². The highest BCUT2D eigenvalue weighted by molar-refractivity contribution is 5.75. The smallest absolute Gasteiger partial charge is 0.219 e. The molecule has 0 bridgehead atoms. The van der Waals surface area contributed by atoms with Crippen LogP contribution in [0.5, 0.6) is 0 Å². The second-order valence-electron chi connectivity index (χ2n) is 4.67. The Kier molecular flexibility index (Phi) is 3.26. The Morgan fingerprint density at radius 1 is 1.27 bits per heavy atom. The Hall–Kier alpha value is -0.610. The average molecular weight is 212 g/mol. The van der Waals surface area contributed by atoms with Crippen molar-refractivity contribution in [1.82, 2.24) is 4.90 Å². The van der Waals surface area contributed by atoms with Gasteiger partial charge in [0.15, 0.2) is 0 Å². The largest absolute Gasteiger partial charge is 0.379 e. The highest BCUT2D eigenvalue weighted by Crippen LogP contribution is 2.38. The number of rotatable bonds is 3. The molecule has 2 N–H and O–H groups in total. The second kappa shape index (κ2) is 4.49. The van der Waals surface area contributed by atoms with Gasteiger partial charge in [-0.2, -0.15) is 0 Å². The van der Waals surface area contributed by atoms with Crippen molar-refractivity contribution in [2.75, 3.05) is 26.3 Å². The summed E-state index contributed by atoms with van der Waals surface area (Å²) in [6.07, 6.45) is 5.22. The molecule has 0 spiro atoms. The van der Waals surface area contributed by atoms with E-state index in [0.29, 0.717) is 6.42 Å². The van der Waals surface area contributed by atoms with Crippen molar-refractivity contribution in [2.45, 2.75) is 37.6 Å². The Bertz CT molecular complexity index is 231. The zero-order valence-electron chi connectivity index (χ0n) is 9.21. The lowest BCUT2D eigenvalue weighted by atomic mass is 9.90. The van der Waals surface area contributed by atoms with Crippen LogP contribution in [0.2, 0.25) is 0 Å². The quantitative estimate of drug-likeness (QED) is 0.741. The van der Waals surface area contributed by atoms with Crippen LogP contribution >= 0.6 is 0 Å².